The van der Waals surface area contributed by atoms with Gasteiger partial charge in [-0.25, -0.2) is 0 Å². The van der Waals surface area contributed by atoms with Crippen molar-refractivity contribution < 1.29 is 0 Å². The number of thiazole rings is 1. The minimum atomic E-state index is 0.824. The summed E-state index contributed by atoms with van der Waals surface area (Å²) in [5, 5.41) is 0. The Kier molecular flexibility index (Phi) is 4.30. The van der Waals surface area contributed by atoms with Gasteiger partial charge in [0.25, 0.3) is 0 Å². The van der Waals surface area contributed by atoms with E-state index in [1.807, 2.05) is 11.7 Å². The van der Waals surface area contributed by atoms with E-state index in [0.717, 1.165) is 5.92 Å². The van der Waals surface area contributed by atoms with Crippen molar-refractivity contribution in [3.63, 3.8) is 0 Å². The molecule has 0 N–H and O–H groups in total. The number of nitrogens with zero attached hydrogens (tertiary/aromatic N) is 1. The Hall–Kier alpha value is -0.370. The van der Waals surface area contributed by atoms with Gasteiger partial charge in [-0.3, -0.25) is 4.98 Å². The van der Waals surface area contributed by atoms with Gasteiger partial charge < -0.3 is 0 Å². The smallest absolute Gasteiger partial charge is 0.0794 e. The van der Waals surface area contributed by atoms with E-state index in [-0.39, 0.29) is 0 Å². The molecule has 1 rings (SSSR count). The summed E-state index contributed by atoms with van der Waals surface area (Å²) in [4.78, 5) is 5.50. The van der Waals surface area contributed by atoms with Crippen LogP contribution in [-0.2, 0) is 6.42 Å². The molecule has 0 spiro atoms. The fourth-order valence-electron chi connectivity index (χ4n) is 1.34. The lowest BCUT2D eigenvalue weighted by Crippen LogP contribution is -1.97. The highest BCUT2D eigenvalue weighted by molar-refractivity contribution is 7.09. The minimum Gasteiger partial charge on any atom is -0.253 e. The Morgan fingerprint density at radius 1 is 1.58 bits per heavy atom. The number of unbranched alkanes of at least 4 members (excludes halogenated alkanes) is 1. The van der Waals surface area contributed by atoms with Crippen LogP contribution in [0.1, 0.15) is 38.0 Å². The van der Waals surface area contributed by atoms with Crippen LogP contribution < -0.4 is 0 Å². The second-order valence-electron chi connectivity index (χ2n) is 3.42. The van der Waals surface area contributed by atoms with Crippen molar-refractivity contribution in [3.05, 3.63) is 16.6 Å². The van der Waals surface area contributed by atoms with E-state index in [4.69, 9.17) is 0 Å². The Labute approximate surface area is 78.8 Å². The van der Waals surface area contributed by atoms with Crippen LogP contribution in [0.15, 0.2) is 11.7 Å². The monoisotopic (exact) mass is 183 g/mol. The first-order valence-electron chi connectivity index (χ1n) is 4.70. The van der Waals surface area contributed by atoms with Crippen LogP contribution in [0.5, 0.6) is 0 Å². The Balaban J connectivity index is 2.22. The highest BCUT2D eigenvalue weighted by Crippen LogP contribution is 2.16. The first kappa shape index (κ1) is 9.72. The van der Waals surface area contributed by atoms with Crippen molar-refractivity contribution in [3.8, 4) is 0 Å². The summed E-state index contributed by atoms with van der Waals surface area (Å²) in [6, 6.07) is 0. The molecule has 0 aliphatic rings. The first-order valence-corrected chi connectivity index (χ1v) is 5.58. The standard InChI is InChI=1S/C10H17NS/c1-3-4-5-9(2)6-10-7-11-8-12-10/h7-9H,3-6H2,1-2H3. The van der Waals surface area contributed by atoms with Crippen molar-refractivity contribution in [1.82, 2.24) is 4.98 Å². The lowest BCUT2D eigenvalue weighted by Gasteiger charge is -2.07. The van der Waals surface area contributed by atoms with E-state index in [9.17, 15) is 0 Å². The highest BCUT2D eigenvalue weighted by Gasteiger charge is 2.03. The van der Waals surface area contributed by atoms with E-state index < -0.39 is 0 Å². The molecule has 0 aliphatic carbocycles. The topological polar surface area (TPSA) is 12.9 Å². The molecule has 0 amide bonds. The molecule has 2 heteroatoms. The molecule has 1 unspecified atom stereocenters. The zero-order valence-electron chi connectivity index (χ0n) is 7.92. The zero-order valence-corrected chi connectivity index (χ0v) is 8.73. The molecule has 0 aliphatic heterocycles. The van der Waals surface area contributed by atoms with Crippen LogP contribution in [0, 0.1) is 5.92 Å². The molecule has 1 aromatic rings. The fourth-order valence-corrected chi connectivity index (χ4v) is 2.10. The average Bonchev–Trinajstić information content (AvgIpc) is 2.53. The molecule has 1 nitrogen and oxygen atoms in total. The molecule has 1 aromatic heterocycles. The van der Waals surface area contributed by atoms with Crippen molar-refractivity contribution in [2.24, 2.45) is 5.92 Å². The van der Waals surface area contributed by atoms with Crippen molar-refractivity contribution in [2.75, 3.05) is 0 Å². The third-order valence-corrected chi connectivity index (χ3v) is 2.89. The van der Waals surface area contributed by atoms with Crippen LogP contribution in [0.2, 0.25) is 0 Å². The minimum absolute atomic E-state index is 0.824. The second-order valence-corrected chi connectivity index (χ2v) is 4.39. The first-order chi connectivity index (χ1) is 5.83. The van der Waals surface area contributed by atoms with Crippen LogP contribution in [-0.4, -0.2) is 4.98 Å². The molecule has 1 heterocycles. The van der Waals surface area contributed by atoms with Gasteiger partial charge in [-0.15, -0.1) is 11.3 Å². The van der Waals surface area contributed by atoms with Crippen molar-refractivity contribution in [2.45, 2.75) is 39.5 Å². The van der Waals surface area contributed by atoms with Gasteiger partial charge in [0, 0.05) is 11.1 Å². The predicted molar refractivity (Wildman–Crippen MR) is 54.5 cm³/mol. The van der Waals surface area contributed by atoms with Gasteiger partial charge in [0.05, 0.1) is 5.51 Å². The lowest BCUT2D eigenvalue weighted by atomic mass is 10.0. The fraction of sp³-hybridized carbons (Fsp3) is 0.700. The average molecular weight is 183 g/mol. The summed E-state index contributed by atoms with van der Waals surface area (Å²) < 4.78 is 0. The van der Waals surface area contributed by atoms with E-state index >= 15 is 0 Å². The number of aromatic nitrogens is 1. The molecular weight excluding hydrogens is 166 g/mol. The number of hydrogen-bond donors (Lipinski definition) is 0. The zero-order chi connectivity index (χ0) is 8.81. The summed E-state index contributed by atoms with van der Waals surface area (Å²) in [6.07, 6.45) is 7.24. The lowest BCUT2D eigenvalue weighted by molar-refractivity contribution is 0.506. The summed E-state index contributed by atoms with van der Waals surface area (Å²) >= 11 is 1.77. The van der Waals surface area contributed by atoms with Crippen LogP contribution in [0.4, 0.5) is 0 Å². The maximum Gasteiger partial charge on any atom is 0.0794 e. The highest BCUT2D eigenvalue weighted by atomic mass is 32.1. The van der Waals surface area contributed by atoms with E-state index in [1.54, 1.807) is 11.3 Å². The Bertz CT molecular complexity index is 194. The largest absolute Gasteiger partial charge is 0.253 e. The number of hydrogen-bond acceptors (Lipinski definition) is 2. The van der Waals surface area contributed by atoms with E-state index in [2.05, 4.69) is 18.8 Å². The SMILES string of the molecule is CCCCC(C)Cc1cncs1. The van der Waals surface area contributed by atoms with Crippen molar-refractivity contribution in [1.29, 1.82) is 0 Å². The van der Waals surface area contributed by atoms with Gasteiger partial charge in [-0.05, 0) is 12.3 Å². The van der Waals surface area contributed by atoms with Crippen LogP contribution in [0.25, 0.3) is 0 Å². The molecular formula is C10H17NS. The summed E-state index contributed by atoms with van der Waals surface area (Å²) in [6.45, 7) is 4.58. The molecule has 0 fully saturated rings. The molecule has 68 valence electrons. The van der Waals surface area contributed by atoms with E-state index in [1.165, 1.54) is 30.6 Å². The normalized spacial score (nSPS) is 13.2. The molecule has 1 atom stereocenters. The molecule has 0 saturated carbocycles. The third kappa shape index (κ3) is 3.35. The molecule has 0 aromatic carbocycles. The van der Waals surface area contributed by atoms with Gasteiger partial charge in [-0.2, -0.15) is 0 Å². The predicted octanol–water partition coefficient (Wildman–Crippen LogP) is 3.51. The Morgan fingerprint density at radius 2 is 2.42 bits per heavy atom. The van der Waals surface area contributed by atoms with Gasteiger partial charge in [-0.1, -0.05) is 33.1 Å². The van der Waals surface area contributed by atoms with Crippen LogP contribution >= 0.6 is 11.3 Å². The van der Waals surface area contributed by atoms with Crippen molar-refractivity contribution >= 4 is 11.3 Å². The maximum atomic E-state index is 4.07. The molecule has 0 radical (unpaired) electrons. The van der Waals surface area contributed by atoms with E-state index in [0.29, 0.717) is 0 Å². The summed E-state index contributed by atoms with van der Waals surface area (Å²) in [7, 11) is 0. The van der Waals surface area contributed by atoms with Gasteiger partial charge in [0.2, 0.25) is 0 Å². The second kappa shape index (κ2) is 5.31. The molecule has 0 saturated heterocycles. The van der Waals surface area contributed by atoms with Gasteiger partial charge in [0.1, 0.15) is 0 Å². The molecule has 0 bridgehead atoms. The summed E-state index contributed by atoms with van der Waals surface area (Å²) in [5.41, 5.74) is 1.92. The Morgan fingerprint density at radius 3 is 3.00 bits per heavy atom. The summed E-state index contributed by atoms with van der Waals surface area (Å²) in [5.74, 6) is 0.824. The third-order valence-electron chi connectivity index (χ3n) is 2.08. The number of rotatable bonds is 5. The van der Waals surface area contributed by atoms with Gasteiger partial charge >= 0.3 is 0 Å². The van der Waals surface area contributed by atoms with Crippen LogP contribution in [0.3, 0.4) is 0 Å². The van der Waals surface area contributed by atoms with Gasteiger partial charge in [0.15, 0.2) is 0 Å². The quantitative estimate of drug-likeness (QED) is 0.680. The maximum absolute atomic E-state index is 4.07. The molecule has 12 heavy (non-hydrogen) atoms.